The summed E-state index contributed by atoms with van der Waals surface area (Å²) >= 11 is 0. The number of nitrogens with one attached hydrogen (secondary N) is 1. The third-order valence-corrected chi connectivity index (χ3v) is 5.02. The van der Waals surface area contributed by atoms with Crippen molar-refractivity contribution in [3.63, 3.8) is 0 Å². The summed E-state index contributed by atoms with van der Waals surface area (Å²) in [5.41, 5.74) is 2.29. The monoisotopic (exact) mass is 307 g/mol. The zero-order valence-electron chi connectivity index (χ0n) is 12.2. The van der Waals surface area contributed by atoms with E-state index in [2.05, 4.69) is 4.72 Å². The van der Waals surface area contributed by atoms with E-state index in [-0.39, 0.29) is 10.7 Å². The molecule has 0 spiro atoms. The highest BCUT2D eigenvalue weighted by Gasteiger charge is 2.20. The van der Waals surface area contributed by atoms with E-state index in [1.807, 2.05) is 13.0 Å². The summed E-state index contributed by atoms with van der Waals surface area (Å²) in [5, 5.41) is 0. The smallest absolute Gasteiger partial charge is 0.207 e. The minimum absolute atomic E-state index is 0.275. The fourth-order valence-electron chi connectivity index (χ4n) is 2.11. The minimum atomic E-state index is -3.61. The van der Waals surface area contributed by atoms with E-state index < -0.39 is 16.1 Å². The Labute approximate surface area is 124 Å². The molecule has 0 aliphatic rings. The molecule has 2 aromatic carbocycles. The van der Waals surface area contributed by atoms with Gasteiger partial charge in [-0.2, -0.15) is 0 Å². The third kappa shape index (κ3) is 3.68. The molecule has 21 heavy (non-hydrogen) atoms. The highest BCUT2D eigenvalue weighted by molar-refractivity contribution is 7.89. The first-order valence-corrected chi connectivity index (χ1v) is 8.13. The Morgan fingerprint density at radius 3 is 2.29 bits per heavy atom. The van der Waals surface area contributed by atoms with Gasteiger partial charge in [0.1, 0.15) is 5.82 Å². The van der Waals surface area contributed by atoms with Gasteiger partial charge in [-0.05, 0) is 55.7 Å². The summed E-state index contributed by atoms with van der Waals surface area (Å²) < 4.78 is 40.5. The second kappa shape index (κ2) is 5.95. The molecule has 0 unspecified atom stereocenters. The molecule has 0 heterocycles. The van der Waals surface area contributed by atoms with E-state index in [9.17, 15) is 12.8 Å². The van der Waals surface area contributed by atoms with Gasteiger partial charge in [0.25, 0.3) is 0 Å². The maximum absolute atomic E-state index is 12.9. The molecule has 5 heteroatoms. The van der Waals surface area contributed by atoms with Crippen LogP contribution in [0.2, 0.25) is 0 Å². The maximum atomic E-state index is 12.9. The summed E-state index contributed by atoms with van der Waals surface area (Å²) in [6.45, 7) is 5.34. The highest BCUT2D eigenvalue weighted by atomic mass is 32.2. The van der Waals surface area contributed by atoms with Gasteiger partial charge >= 0.3 is 0 Å². The van der Waals surface area contributed by atoms with Crippen molar-refractivity contribution in [2.24, 2.45) is 0 Å². The summed E-state index contributed by atoms with van der Waals surface area (Å²) in [6.07, 6.45) is 0. The summed E-state index contributed by atoms with van der Waals surface area (Å²) in [7, 11) is -3.61. The SMILES string of the molecule is Cc1ccc(C)c(S(=O)(=O)N[C@@H](C)c2ccc(F)cc2)c1. The molecule has 1 atom stereocenters. The zero-order valence-corrected chi connectivity index (χ0v) is 13.0. The Kier molecular flexibility index (Phi) is 4.44. The maximum Gasteiger partial charge on any atom is 0.241 e. The molecule has 0 aliphatic heterocycles. The number of sulfonamides is 1. The molecule has 0 bridgehead atoms. The van der Waals surface area contributed by atoms with Crippen LogP contribution in [0.4, 0.5) is 4.39 Å². The predicted molar refractivity (Wildman–Crippen MR) is 81.1 cm³/mol. The summed E-state index contributed by atoms with van der Waals surface area (Å²) in [6, 6.07) is 10.7. The standard InChI is InChI=1S/C16H18FNO2S/c1-11-4-5-12(2)16(10-11)21(19,20)18-13(3)14-6-8-15(17)9-7-14/h4-10,13,18H,1-3H3/t13-/m0/s1. The molecular weight excluding hydrogens is 289 g/mol. The molecule has 0 radical (unpaired) electrons. The van der Waals surface area contributed by atoms with Crippen LogP contribution in [-0.2, 0) is 10.0 Å². The van der Waals surface area contributed by atoms with Crippen molar-refractivity contribution < 1.29 is 12.8 Å². The first-order valence-electron chi connectivity index (χ1n) is 6.64. The van der Waals surface area contributed by atoms with Crippen molar-refractivity contribution in [2.45, 2.75) is 31.7 Å². The third-order valence-electron chi connectivity index (χ3n) is 3.34. The van der Waals surface area contributed by atoms with Crippen molar-refractivity contribution in [1.82, 2.24) is 4.72 Å². The number of aryl methyl sites for hydroxylation is 2. The van der Waals surface area contributed by atoms with Gasteiger partial charge in [-0.25, -0.2) is 17.5 Å². The van der Waals surface area contributed by atoms with Crippen LogP contribution < -0.4 is 4.72 Å². The average molecular weight is 307 g/mol. The van der Waals surface area contributed by atoms with Gasteiger partial charge in [0.05, 0.1) is 4.90 Å². The van der Waals surface area contributed by atoms with Gasteiger partial charge in [0, 0.05) is 6.04 Å². The Balaban J connectivity index is 2.28. The Morgan fingerprint density at radius 1 is 1.05 bits per heavy atom. The van der Waals surface area contributed by atoms with Crippen molar-refractivity contribution in [3.8, 4) is 0 Å². The van der Waals surface area contributed by atoms with Crippen LogP contribution in [0.15, 0.2) is 47.4 Å². The Bertz CT molecular complexity index is 739. The molecule has 0 amide bonds. The van der Waals surface area contributed by atoms with Crippen molar-refractivity contribution in [2.75, 3.05) is 0 Å². The van der Waals surface area contributed by atoms with Crippen LogP contribution in [0.3, 0.4) is 0 Å². The largest absolute Gasteiger partial charge is 0.241 e. The highest BCUT2D eigenvalue weighted by Crippen LogP contribution is 2.20. The number of benzene rings is 2. The molecular formula is C16H18FNO2S. The van der Waals surface area contributed by atoms with Gasteiger partial charge in [-0.15, -0.1) is 0 Å². The summed E-state index contributed by atoms with van der Waals surface area (Å²) in [4.78, 5) is 0.275. The van der Waals surface area contributed by atoms with E-state index >= 15 is 0 Å². The lowest BCUT2D eigenvalue weighted by atomic mass is 10.1. The van der Waals surface area contributed by atoms with Gasteiger partial charge in [-0.1, -0.05) is 24.3 Å². The lowest BCUT2D eigenvalue weighted by Crippen LogP contribution is -2.27. The second-order valence-electron chi connectivity index (χ2n) is 5.16. The minimum Gasteiger partial charge on any atom is -0.207 e. The Hall–Kier alpha value is -1.72. The lowest BCUT2D eigenvalue weighted by molar-refractivity contribution is 0.565. The molecule has 0 aliphatic carbocycles. The molecule has 1 N–H and O–H groups in total. The first kappa shape index (κ1) is 15.7. The topological polar surface area (TPSA) is 46.2 Å². The van der Waals surface area contributed by atoms with Gasteiger partial charge < -0.3 is 0 Å². The number of hydrogen-bond donors (Lipinski definition) is 1. The second-order valence-corrected chi connectivity index (χ2v) is 6.85. The molecule has 0 fully saturated rings. The van der Waals surface area contributed by atoms with Crippen LogP contribution in [0.5, 0.6) is 0 Å². The molecule has 0 saturated heterocycles. The van der Waals surface area contributed by atoms with E-state index in [1.165, 1.54) is 12.1 Å². The lowest BCUT2D eigenvalue weighted by Gasteiger charge is -2.16. The fraction of sp³-hybridized carbons (Fsp3) is 0.250. The van der Waals surface area contributed by atoms with Crippen molar-refractivity contribution in [1.29, 1.82) is 0 Å². The molecule has 112 valence electrons. The van der Waals surface area contributed by atoms with Crippen LogP contribution in [0, 0.1) is 19.7 Å². The van der Waals surface area contributed by atoms with Crippen LogP contribution in [0.25, 0.3) is 0 Å². The number of hydrogen-bond acceptors (Lipinski definition) is 2. The molecule has 2 aromatic rings. The fourth-order valence-corrected chi connectivity index (χ4v) is 3.67. The van der Waals surface area contributed by atoms with Gasteiger partial charge in [-0.3, -0.25) is 0 Å². The number of rotatable bonds is 4. The first-order chi connectivity index (χ1) is 9.79. The summed E-state index contributed by atoms with van der Waals surface area (Å²) in [5.74, 6) is -0.344. The van der Waals surface area contributed by atoms with Crippen molar-refractivity contribution in [3.05, 3.63) is 65.0 Å². The molecule has 3 nitrogen and oxygen atoms in total. The van der Waals surface area contributed by atoms with E-state index in [4.69, 9.17) is 0 Å². The van der Waals surface area contributed by atoms with Gasteiger partial charge in [0.15, 0.2) is 0 Å². The van der Waals surface area contributed by atoms with Crippen molar-refractivity contribution >= 4 is 10.0 Å². The van der Waals surface area contributed by atoms with E-state index in [0.29, 0.717) is 11.1 Å². The average Bonchev–Trinajstić information content (AvgIpc) is 2.41. The zero-order chi connectivity index (χ0) is 15.6. The quantitative estimate of drug-likeness (QED) is 0.940. The predicted octanol–water partition coefficient (Wildman–Crippen LogP) is 3.48. The van der Waals surface area contributed by atoms with E-state index in [1.54, 1.807) is 38.1 Å². The van der Waals surface area contributed by atoms with Crippen LogP contribution in [-0.4, -0.2) is 8.42 Å². The number of halogens is 1. The molecule has 0 saturated carbocycles. The normalized spacial score (nSPS) is 13.1. The van der Waals surface area contributed by atoms with Crippen LogP contribution in [0.1, 0.15) is 29.7 Å². The molecule has 2 rings (SSSR count). The van der Waals surface area contributed by atoms with Gasteiger partial charge in [0.2, 0.25) is 10.0 Å². The van der Waals surface area contributed by atoms with Crippen LogP contribution >= 0.6 is 0 Å². The van der Waals surface area contributed by atoms with E-state index in [0.717, 1.165) is 5.56 Å². The molecule has 0 aromatic heterocycles. The Morgan fingerprint density at radius 2 is 1.67 bits per heavy atom.